The summed E-state index contributed by atoms with van der Waals surface area (Å²) in [6, 6.07) is -0.966. The van der Waals surface area contributed by atoms with Gasteiger partial charge in [-0.3, -0.25) is 24.7 Å². The lowest BCUT2D eigenvalue weighted by molar-refractivity contribution is -0.207. The molecule has 0 aliphatic heterocycles. The van der Waals surface area contributed by atoms with Crippen LogP contribution in [-0.4, -0.2) is 81.6 Å². The second kappa shape index (κ2) is 14.0. The Morgan fingerprint density at radius 2 is 1.73 bits per heavy atom. The third-order valence-corrected chi connectivity index (χ3v) is 12.3. The first kappa shape index (κ1) is 34.6. The summed E-state index contributed by atoms with van der Waals surface area (Å²) in [5, 5.41) is 47.4. The third-order valence-electron chi connectivity index (χ3n) is 12.3. The van der Waals surface area contributed by atoms with Gasteiger partial charge >= 0.3 is 5.97 Å². The van der Waals surface area contributed by atoms with Gasteiger partial charge in [0.1, 0.15) is 6.04 Å². The van der Waals surface area contributed by atoms with Gasteiger partial charge in [-0.2, -0.15) is 0 Å². The van der Waals surface area contributed by atoms with Crippen molar-refractivity contribution in [2.75, 3.05) is 13.1 Å². The highest BCUT2D eigenvalue weighted by Gasteiger charge is 2.65. The number of nitrogens with two attached hydrogens (primary N) is 2. The number of fused-ring (bicyclic) bond motifs is 5. The van der Waals surface area contributed by atoms with Crippen LogP contribution in [0.2, 0.25) is 0 Å². The number of aliphatic carboxylic acids is 1. The first-order valence-electron chi connectivity index (χ1n) is 16.6. The lowest BCUT2D eigenvalue weighted by atomic mass is 9.43. The van der Waals surface area contributed by atoms with Crippen molar-refractivity contribution >= 4 is 23.7 Å². The highest BCUT2D eigenvalue weighted by atomic mass is 16.4. The number of amides is 2. The van der Waals surface area contributed by atoms with Gasteiger partial charge in [-0.05, 0) is 111 Å². The number of aliphatic hydroxyl groups is 3. The van der Waals surface area contributed by atoms with Crippen molar-refractivity contribution in [1.29, 1.82) is 0 Å². The number of carbonyl (C=O) groups excluding carboxylic acids is 2. The number of carboxylic acid groups (broad SMARTS) is 1. The number of guanidine groups is 1. The molecule has 12 nitrogen and oxygen atoms in total. The van der Waals surface area contributed by atoms with Gasteiger partial charge in [-0.1, -0.05) is 20.8 Å². The van der Waals surface area contributed by atoms with E-state index in [0.29, 0.717) is 19.3 Å². The zero-order valence-corrected chi connectivity index (χ0v) is 26.6. The minimum atomic E-state index is -1.08. The molecular weight excluding hydrogens is 566 g/mol. The summed E-state index contributed by atoms with van der Waals surface area (Å²) in [5.74, 6) is -0.613. The zero-order chi connectivity index (χ0) is 32.4. The van der Waals surface area contributed by atoms with Gasteiger partial charge in [0.05, 0.1) is 24.9 Å². The molecule has 44 heavy (non-hydrogen) atoms. The summed E-state index contributed by atoms with van der Waals surface area (Å²) in [5.41, 5.74) is 10.9. The zero-order valence-electron chi connectivity index (χ0n) is 26.6. The van der Waals surface area contributed by atoms with Crippen LogP contribution < -0.4 is 22.1 Å². The Balaban J connectivity index is 1.25. The molecule has 0 aromatic carbocycles. The Bertz CT molecular complexity index is 1090. The van der Waals surface area contributed by atoms with Crippen LogP contribution in [0.1, 0.15) is 91.4 Å². The predicted molar refractivity (Wildman–Crippen MR) is 165 cm³/mol. The second-order valence-electron chi connectivity index (χ2n) is 14.7. The number of carbonyl (C=O) groups is 3. The van der Waals surface area contributed by atoms with Crippen molar-refractivity contribution in [2.24, 2.45) is 62.8 Å². The molecule has 0 bridgehead atoms. The van der Waals surface area contributed by atoms with E-state index in [1.165, 1.54) is 0 Å². The van der Waals surface area contributed by atoms with E-state index >= 15 is 0 Å². The molecule has 4 saturated carbocycles. The van der Waals surface area contributed by atoms with Crippen molar-refractivity contribution in [3.05, 3.63) is 0 Å². The number of carboxylic acids is 1. The van der Waals surface area contributed by atoms with E-state index in [0.717, 1.165) is 38.5 Å². The molecule has 0 aromatic heterocycles. The maximum atomic E-state index is 12.6. The fourth-order valence-electron chi connectivity index (χ4n) is 9.82. The van der Waals surface area contributed by atoms with Crippen molar-refractivity contribution in [3.8, 4) is 0 Å². The summed E-state index contributed by atoms with van der Waals surface area (Å²) in [7, 11) is 0. The molecule has 0 aromatic rings. The summed E-state index contributed by atoms with van der Waals surface area (Å²) in [6.45, 7) is 6.66. The number of aliphatic hydroxyl groups excluding tert-OH is 3. The molecule has 12 atom stereocenters. The summed E-state index contributed by atoms with van der Waals surface area (Å²) < 4.78 is 0. The monoisotopic (exact) mass is 621 g/mol. The van der Waals surface area contributed by atoms with Crippen molar-refractivity contribution in [2.45, 2.75) is 116 Å². The van der Waals surface area contributed by atoms with Gasteiger partial charge in [0, 0.05) is 13.0 Å². The van der Waals surface area contributed by atoms with E-state index in [4.69, 9.17) is 16.6 Å². The minimum Gasteiger partial charge on any atom is -0.480 e. The molecule has 4 aliphatic carbocycles. The van der Waals surface area contributed by atoms with E-state index < -0.39 is 30.1 Å². The Hall–Kier alpha value is -2.28. The van der Waals surface area contributed by atoms with Crippen molar-refractivity contribution in [1.82, 2.24) is 10.6 Å². The van der Waals surface area contributed by atoms with E-state index in [1.54, 1.807) is 0 Å². The molecule has 4 rings (SSSR count). The molecule has 2 amide bonds. The lowest BCUT2D eigenvalue weighted by Gasteiger charge is -2.63. The maximum Gasteiger partial charge on any atom is 0.320 e. The van der Waals surface area contributed by atoms with Crippen LogP contribution in [0.25, 0.3) is 0 Å². The Morgan fingerprint density at radius 1 is 1.00 bits per heavy atom. The summed E-state index contributed by atoms with van der Waals surface area (Å²) in [4.78, 5) is 39.5. The topological polar surface area (TPSA) is 221 Å². The van der Waals surface area contributed by atoms with E-state index in [1.807, 2.05) is 0 Å². The molecule has 0 radical (unpaired) electrons. The van der Waals surface area contributed by atoms with E-state index in [9.17, 15) is 29.7 Å². The average molecular weight is 622 g/mol. The number of hydrogen-bond donors (Lipinski definition) is 8. The fraction of sp³-hybridized carbons (Fsp3) is 0.875. The largest absolute Gasteiger partial charge is 0.480 e. The molecule has 4 fully saturated rings. The van der Waals surface area contributed by atoms with Crippen molar-refractivity contribution in [3.63, 3.8) is 0 Å². The quantitative estimate of drug-likeness (QED) is 0.0939. The highest BCUT2D eigenvalue weighted by molar-refractivity contribution is 5.98. The van der Waals surface area contributed by atoms with Gasteiger partial charge in [-0.15, -0.1) is 0 Å². The van der Waals surface area contributed by atoms with Gasteiger partial charge in [-0.25, -0.2) is 0 Å². The number of nitrogens with one attached hydrogen (secondary N) is 2. The van der Waals surface area contributed by atoms with Crippen LogP contribution in [0.4, 0.5) is 0 Å². The summed E-state index contributed by atoms with van der Waals surface area (Å²) in [6.07, 6.45) is 6.15. The Labute approximate surface area is 260 Å². The van der Waals surface area contributed by atoms with Crippen LogP contribution in [-0.2, 0) is 14.4 Å². The van der Waals surface area contributed by atoms with Crippen LogP contribution in [0.15, 0.2) is 4.99 Å². The van der Waals surface area contributed by atoms with Crippen LogP contribution >= 0.6 is 0 Å². The number of aliphatic imine (C=N–C) groups is 1. The van der Waals surface area contributed by atoms with Gasteiger partial charge in [0.15, 0.2) is 5.96 Å². The molecule has 250 valence electrons. The molecule has 0 saturated heterocycles. The SMILES string of the molecule is CC(CCC(=O)NCC(=O)NC(N)=NCCCC(N)C(=O)O)C1CCC2C3C(O)CC4CC(O)CCC4(C)C3CC(O)C12C. The lowest BCUT2D eigenvalue weighted by Crippen LogP contribution is -2.62. The molecular formula is C32H55N5O7. The first-order valence-corrected chi connectivity index (χ1v) is 16.6. The van der Waals surface area contributed by atoms with E-state index in [2.05, 4.69) is 36.4 Å². The average Bonchev–Trinajstić information content (AvgIpc) is 3.32. The molecule has 0 spiro atoms. The normalized spacial score (nSPS) is 39.8. The Morgan fingerprint density at radius 3 is 2.43 bits per heavy atom. The minimum absolute atomic E-state index is 0.0338. The van der Waals surface area contributed by atoms with Crippen LogP contribution in [0, 0.1) is 46.3 Å². The van der Waals surface area contributed by atoms with E-state index in [-0.39, 0.29) is 90.2 Å². The predicted octanol–water partition coefficient (Wildman–Crippen LogP) is 1.10. The molecule has 10 N–H and O–H groups in total. The van der Waals surface area contributed by atoms with Gasteiger partial charge in [0.2, 0.25) is 11.8 Å². The van der Waals surface area contributed by atoms with Gasteiger partial charge in [0.25, 0.3) is 0 Å². The third kappa shape index (κ3) is 7.08. The maximum absolute atomic E-state index is 12.6. The highest BCUT2D eigenvalue weighted by Crippen LogP contribution is 2.68. The smallest absolute Gasteiger partial charge is 0.320 e. The molecule has 12 unspecified atom stereocenters. The Kier molecular flexibility index (Phi) is 11.0. The van der Waals surface area contributed by atoms with Crippen LogP contribution in [0.3, 0.4) is 0 Å². The standard InChI is InChI=1S/C32H55N5O7/c1-17(6-9-26(41)36-16-27(42)37-30(34)35-12-4-5-23(33)29(43)44)20-7-8-21-28-22(15-25(40)32(20,21)3)31(2)11-10-19(38)13-18(31)14-24(28)39/h17-25,28,38-40H,4-16,33H2,1-3H3,(H,36,41)(H,43,44)(H3,34,35,37,42). The number of hydrogen-bond acceptors (Lipinski definition) is 8. The first-order chi connectivity index (χ1) is 20.7. The molecule has 12 heteroatoms. The summed E-state index contributed by atoms with van der Waals surface area (Å²) >= 11 is 0. The molecule has 4 aliphatic rings. The van der Waals surface area contributed by atoms with Crippen LogP contribution in [0.5, 0.6) is 0 Å². The fourth-order valence-corrected chi connectivity index (χ4v) is 9.82. The van der Waals surface area contributed by atoms with Crippen molar-refractivity contribution < 1.29 is 34.8 Å². The molecule has 0 heterocycles. The second-order valence-corrected chi connectivity index (χ2v) is 14.7. The number of rotatable bonds is 11. The van der Waals surface area contributed by atoms with Gasteiger partial charge < -0.3 is 37.2 Å². The number of nitrogens with zero attached hydrogens (tertiary/aromatic N) is 1.